The molecule has 2 heterocycles. The first-order valence-electron chi connectivity index (χ1n) is 6.96. The Morgan fingerprint density at radius 3 is 2.75 bits per heavy atom. The van der Waals surface area contributed by atoms with E-state index in [9.17, 15) is 0 Å². The fraction of sp³-hybridized carbons (Fsp3) is 0.467. The molecule has 2 rings (SSSR count). The molecule has 0 fully saturated rings. The van der Waals surface area contributed by atoms with E-state index in [0.717, 1.165) is 30.2 Å². The third kappa shape index (κ3) is 3.02. The molecule has 0 bridgehead atoms. The van der Waals surface area contributed by atoms with Gasteiger partial charge in [-0.15, -0.1) is 0 Å². The lowest BCUT2D eigenvalue weighted by atomic mass is 10.1. The third-order valence-corrected chi connectivity index (χ3v) is 3.94. The van der Waals surface area contributed by atoms with Gasteiger partial charge in [0.25, 0.3) is 0 Å². The highest BCUT2D eigenvalue weighted by Gasteiger charge is 2.13. The molecule has 0 aliphatic carbocycles. The monoisotopic (exact) mass is 292 g/mol. The summed E-state index contributed by atoms with van der Waals surface area (Å²) in [5, 5.41) is 8.62. The summed E-state index contributed by atoms with van der Waals surface area (Å²) in [7, 11) is 0. The SMILES string of the molecule is CCCNC(C)c1ccnc(-n2nc(C)c(Cl)c2C)c1. The summed E-state index contributed by atoms with van der Waals surface area (Å²) >= 11 is 6.20. The fourth-order valence-corrected chi connectivity index (χ4v) is 2.26. The molecule has 0 radical (unpaired) electrons. The Hall–Kier alpha value is -1.39. The van der Waals surface area contributed by atoms with Gasteiger partial charge in [0, 0.05) is 12.2 Å². The molecule has 0 saturated heterocycles. The second-order valence-corrected chi connectivity index (χ2v) is 5.40. The number of aromatic nitrogens is 3. The van der Waals surface area contributed by atoms with Crippen LogP contribution in [0.15, 0.2) is 18.3 Å². The van der Waals surface area contributed by atoms with Crippen LogP contribution >= 0.6 is 11.6 Å². The fourth-order valence-electron chi connectivity index (χ4n) is 2.14. The zero-order valence-electron chi connectivity index (χ0n) is 12.4. The molecular weight excluding hydrogens is 272 g/mol. The largest absolute Gasteiger partial charge is 0.310 e. The maximum absolute atomic E-state index is 6.20. The lowest BCUT2D eigenvalue weighted by Gasteiger charge is -2.14. The number of halogens is 1. The number of hydrogen-bond donors (Lipinski definition) is 1. The zero-order valence-corrected chi connectivity index (χ0v) is 13.2. The van der Waals surface area contributed by atoms with Gasteiger partial charge < -0.3 is 5.32 Å². The average molecular weight is 293 g/mol. The highest BCUT2D eigenvalue weighted by molar-refractivity contribution is 6.31. The van der Waals surface area contributed by atoms with Crippen LogP contribution in [0, 0.1) is 13.8 Å². The van der Waals surface area contributed by atoms with Crippen molar-refractivity contribution in [1.29, 1.82) is 0 Å². The number of hydrogen-bond acceptors (Lipinski definition) is 3. The number of aryl methyl sites for hydroxylation is 1. The van der Waals surface area contributed by atoms with Gasteiger partial charge in [-0.1, -0.05) is 18.5 Å². The summed E-state index contributed by atoms with van der Waals surface area (Å²) in [5.41, 5.74) is 2.95. The number of nitrogens with one attached hydrogen (secondary N) is 1. The highest BCUT2D eigenvalue weighted by Crippen LogP contribution is 2.22. The molecule has 20 heavy (non-hydrogen) atoms. The summed E-state index contributed by atoms with van der Waals surface area (Å²) in [6.45, 7) is 9.18. The molecule has 1 atom stereocenters. The van der Waals surface area contributed by atoms with Crippen LogP contribution < -0.4 is 5.32 Å². The molecule has 0 aliphatic rings. The van der Waals surface area contributed by atoms with Crippen LogP contribution in [0.25, 0.3) is 5.82 Å². The molecule has 5 heteroatoms. The van der Waals surface area contributed by atoms with Crippen LogP contribution in [0.2, 0.25) is 5.02 Å². The van der Waals surface area contributed by atoms with E-state index in [1.165, 1.54) is 5.56 Å². The number of nitrogens with zero attached hydrogens (tertiary/aromatic N) is 3. The van der Waals surface area contributed by atoms with Gasteiger partial charge in [-0.2, -0.15) is 5.10 Å². The van der Waals surface area contributed by atoms with Gasteiger partial charge in [0.1, 0.15) is 0 Å². The van der Waals surface area contributed by atoms with E-state index >= 15 is 0 Å². The quantitative estimate of drug-likeness (QED) is 0.915. The topological polar surface area (TPSA) is 42.7 Å². The van der Waals surface area contributed by atoms with Crippen molar-refractivity contribution in [2.24, 2.45) is 0 Å². The molecule has 2 aromatic rings. The first-order chi connectivity index (χ1) is 9.54. The molecule has 0 spiro atoms. The molecule has 4 nitrogen and oxygen atoms in total. The summed E-state index contributed by atoms with van der Waals surface area (Å²) in [6.07, 6.45) is 2.94. The van der Waals surface area contributed by atoms with Crippen LogP contribution in [0.1, 0.15) is 43.3 Å². The number of pyridine rings is 1. The summed E-state index contributed by atoms with van der Waals surface area (Å²) < 4.78 is 1.80. The highest BCUT2D eigenvalue weighted by atomic mass is 35.5. The van der Waals surface area contributed by atoms with Crippen LogP contribution in [-0.4, -0.2) is 21.3 Å². The predicted octanol–water partition coefficient (Wildman–Crippen LogP) is 3.60. The molecule has 0 saturated carbocycles. The second-order valence-electron chi connectivity index (χ2n) is 5.02. The molecule has 2 aromatic heterocycles. The minimum atomic E-state index is 0.295. The van der Waals surface area contributed by atoms with Gasteiger partial charge in [-0.05, 0) is 51.4 Å². The van der Waals surface area contributed by atoms with Crippen molar-refractivity contribution < 1.29 is 0 Å². The van der Waals surface area contributed by atoms with Crippen LogP contribution in [0.3, 0.4) is 0 Å². The maximum Gasteiger partial charge on any atom is 0.153 e. The van der Waals surface area contributed by atoms with E-state index in [0.29, 0.717) is 11.1 Å². The van der Waals surface area contributed by atoms with Crippen molar-refractivity contribution in [1.82, 2.24) is 20.1 Å². The minimum absolute atomic E-state index is 0.295. The lowest BCUT2D eigenvalue weighted by Crippen LogP contribution is -2.19. The van der Waals surface area contributed by atoms with E-state index in [1.807, 2.05) is 26.1 Å². The molecule has 1 unspecified atom stereocenters. The van der Waals surface area contributed by atoms with E-state index in [-0.39, 0.29) is 0 Å². The molecule has 108 valence electrons. The van der Waals surface area contributed by atoms with Crippen LogP contribution in [-0.2, 0) is 0 Å². The van der Waals surface area contributed by atoms with Crippen molar-refractivity contribution in [2.45, 2.75) is 40.2 Å². The van der Waals surface area contributed by atoms with Gasteiger partial charge in [0.05, 0.1) is 16.4 Å². The Kier molecular flexibility index (Phi) is 4.78. The van der Waals surface area contributed by atoms with Crippen LogP contribution in [0.4, 0.5) is 0 Å². The Bertz CT molecular complexity index is 592. The minimum Gasteiger partial charge on any atom is -0.310 e. The molecule has 0 aromatic carbocycles. The van der Waals surface area contributed by atoms with Gasteiger partial charge in [0.15, 0.2) is 5.82 Å². The normalized spacial score (nSPS) is 12.7. The van der Waals surface area contributed by atoms with Crippen molar-refractivity contribution >= 4 is 11.6 Å². The van der Waals surface area contributed by atoms with E-state index in [1.54, 1.807) is 4.68 Å². The summed E-state index contributed by atoms with van der Waals surface area (Å²) in [4.78, 5) is 4.40. The Labute approximate surface area is 125 Å². The second kappa shape index (κ2) is 6.37. The molecular formula is C15H21ClN4. The van der Waals surface area contributed by atoms with E-state index in [4.69, 9.17) is 11.6 Å². The van der Waals surface area contributed by atoms with Crippen molar-refractivity contribution in [3.8, 4) is 5.82 Å². The van der Waals surface area contributed by atoms with Crippen molar-refractivity contribution in [3.05, 3.63) is 40.3 Å². The molecule has 1 N–H and O–H groups in total. The molecule has 0 aliphatic heterocycles. The zero-order chi connectivity index (χ0) is 14.7. The Balaban J connectivity index is 2.32. The van der Waals surface area contributed by atoms with Crippen molar-refractivity contribution in [2.75, 3.05) is 6.54 Å². The first kappa shape index (κ1) is 15.0. The summed E-state index contributed by atoms with van der Waals surface area (Å²) in [6, 6.07) is 4.39. The van der Waals surface area contributed by atoms with Gasteiger partial charge in [-0.3, -0.25) is 0 Å². The van der Waals surface area contributed by atoms with Gasteiger partial charge >= 0.3 is 0 Å². The summed E-state index contributed by atoms with van der Waals surface area (Å²) in [5.74, 6) is 0.806. The van der Waals surface area contributed by atoms with E-state index < -0.39 is 0 Å². The van der Waals surface area contributed by atoms with Gasteiger partial charge in [-0.25, -0.2) is 9.67 Å². The average Bonchev–Trinajstić information content (AvgIpc) is 2.72. The number of rotatable bonds is 5. The van der Waals surface area contributed by atoms with Crippen LogP contribution in [0.5, 0.6) is 0 Å². The van der Waals surface area contributed by atoms with E-state index in [2.05, 4.69) is 35.3 Å². The first-order valence-corrected chi connectivity index (χ1v) is 7.33. The smallest absolute Gasteiger partial charge is 0.153 e. The standard InChI is InChI=1S/C15H21ClN4/c1-5-7-17-10(2)13-6-8-18-14(9-13)20-12(4)15(16)11(3)19-20/h6,8-10,17H,5,7H2,1-4H3. The Morgan fingerprint density at radius 2 is 2.15 bits per heavy atom. The predicted molar refractivity (Wildman–Crippen MR) is 82.6 cm³/mol. The van der Waals surface area contributed by atoms with Gasteiger partial charge in [0.2, 0.25) is 0 Å². The molecule has 0 amide bonds. The lowest BCUT2D eigenvalue weighted by molar-refractivity contribution is 0.569. The maximum atomic E-state index is 6.20. The van der Waals surface area contributed by atoms with Crippen molar-refractivity contribution in [3.63, 3.8) is 0 Å². The Morgan fingerprint density at radius 1 is 1.40 bits per heavy atom. The third-order valence-electron chi connectivity index (χ3n) is 3.39.